The number of anilines is 3. The number of hydrogen-bond acceptors (Lipinski definition) is 2. The van der Waals surface area contributed by atoms with E-state index in [9.17, 15) is 0 Å². The quantitative estimate of drug-likeness (QED) is 0.160. The van der Waals surface area contributed by atoms with E-state index in [-0.39, 0.29) is 0 Å². The maximum atomic E-state index is 6.40. The minimum absolute atomic E-state index is 0.891. The van der Waals surface area contributed by atoms with E-state index in [1.165, 1.54) is 54.8 Å². The first kappa shape index (κ1) is 36.1. The summed E-state index contributed by atoms with van der Waals surface area (Å²) < 4.78 is 11.2. The topological polar surface area (TPSA) is 26.2 Å². The summed E-state index contributed by atoms with van der Waals surface area (Å²) in [5.41, 5.74) is 16.7. The average Bonchev–Trinajstić information content (AvgIpc) is 4.03. The molecule has 0 aliphatic rings. The Hall–Kier alpha value is -8.60. The van der Waals surface area contributed by atoms with E-state index in [4.69, 9.17) is 4.42 Å². The average molecular weight is 818 g/mol. The van der Waals surface area contributed by atoms with Crippen LogP contribution in [0.15, 0.2) is 241 Å². The fraction of sp³-hybridized carbons (Fsp3) is 0. The maximum absolute atomic E-state index is 6.40. The van der Waals surface area contributed by atoms with E-state index in [1.807, 2.05) is 6.07 Å². The van der Waals surface area contributed by atoms with Gasteiger partial charge in [-0.25, -0.2) is 0 Å². The molecule has 4 nitrogen and oxygen atoms in total. The molecular formula is C60H39N3O. The molecule has 0 aliphatic carbocycles. The Bertz CT molecular complexity index is 3860. The second-order valence-electron chi connectivity index (χ2n) is 16.5. The highest BCUT2D eigenvalue weighted by Crippen LogP contribution is 2.43. The predicted molar refractivity (Wildman–Crippen MR) is 268 cm³/mol. The number of rotatable bonds is 7. The fourth-order valence-corrected chi connectivity index (χ4v) is 9.98. The highest BCUT2D eigenvalue weighted by molar-refractivity contribution is 6.24. The number of furan rings is 1. The molecular weight excluding hydrogens is 779 g/mol. The molecule has 0 bridgehead atoms. The molecule has 0 saturated carbocycles. The predicted octanol–water partition coefficient (Wildman–Crippen LogP) is 16.6. The molecule has 4 heteroatoms. The summed E-state index contributed by atoms with van der Waals surface area (Å²) in [4.78, 5) is 2.35. The Labute approximate surface area is 369 Å². The first-order valence-electron chi connectivity index (χ1n) is 21.8. The zero-order valence-electron chi connectivity index (χ0n) is 34.8. The SMILES string of the molecule is c1ccc(-c2ccc(N(c3ccc(-c4ccc5c(c4)c4ccccc4n5-c4ccccc4)cc3)c3ccc(-n4c5ccccc5c5ccc6oc7ccccc7c6c54)cc3)cc2)cc1. The van der Waals surface area contributed by atoms with Crippen LogP contribution in [0.5, 0.6) is 0 Å². The van der Waals surface area contributed by atoms with E-state index in [0.29, 0.717) is 0 Å². The van der Waals surface area contributed by atoms with E-state index in [1.54, 1.807) is 0 Å². The van der Waals surface area contributed by atoms with Gasteiger partial charge in [-0.2, -0.15) is 0 Å². The molecule has 13 aromatic rings. The van der Waals surface area contributed by atoms with E-state index in [2.05, 4.69) is 245 Å². The van der Waals surface area contributed by atoms with Crippen LogP contribution in [-0.4, -0.2) is 9.13 Å². The lowest BCUT2D eigenvalue weighted by molar-refractivity contribution is 0.669. The van der Waals surface area contributed by atoms with Gasteiger partial charge in [-0.05, 0) is 125 Å². The Balaban J connectivity index is 0.926. The largest absolute Gasteiger partial charge is 0.456 e. The van der Waals surface area contributed by atoms with Gasteiger partial charge in [0, 0.05) is 55.4 Å². The van der Waals surface area contributed by atoms with Gasteiger partial charge in [-0.1, -0.05) is 133 Å². The Morgan fingerprint density at radius 1 is 0.297 bits per heavy atom. The molecule has 0 saturated heterocycles. The van der Waals surface area contributed by atoms with Crippen molar-refractivity contribution in [2.24, 2.45) is 0 Å². The summed E-state index contributed by atoms with van der Waals surface area (Å²) in [7, 11) is 0. The molecule has 0 N–H and O–H groups in total. The van der Waals surface area contributed by atoms with Crippen molar-refractivity contribution in [1.82, 2.24) is 9.13 Å². The van der Waals surface area contributed by atoms with Gasteiger partial charge in [-0.3, -0.25) is 0 Å². The Morgan fingerprint density at radius 2 is 0.781 bits per heavy atom. The Morgan fingerprint density at radius 3 is 1.47 bits per heavy atom. The third-order valence-corrected chi connectivity index (χ3v) is 12.9. The number of aromatic nitrogens is 2. The van der Waals surface area contributed by atoms with Crippen LogP contribution in [0.2, 0.25) is 0 Å². The molecule has 0 amide bonds. The van der Waals surface area contributed by atoms with E-state index < -0.39 is 0 Å². The first-order chi connectivity index (χ1) is 31.7. The third kappa shape index (κ3) is 5.70. The molecule has 3 heterocycles. The second kappa shape index (κ2) is 14.5. The van der Waals surface area contributed by atoms with Crippen LogP contribution in [0.25, 0.3) is 99.2 Å². The summed E-state index contributed by atoms with van der Waals surface area (Å²) in [6, 6.07) is 85.1. The third-order valence-electron chi connectivity index (χ3n) is 12.9. The van der Waals surface area contributed by atoms with Crippen LogP contribution < -0.4 is 4.90 Å². The van der Waals surface area contributed by atoms with Crippen molar-refractivity contribution in [3.05, 3.63) is 237 Å². The lowest BCUT2D eigenvalue weighted by atomic mass is 10.0. The van der Waals surface area contributed by atoms with Crippen LogP contribution in [0.1, 0.15) is 0 Å². The van der Waals surface area contributed by atoms with Gasteiger partial charge in [0.1, 0.15) is 11.2 Å². The van der Waals surface area contributed by atoms with Crippen LogP contribution in [0.3, 0.4) is 0 Å². The molecule has 3 aromatic heterocycles. The van der Waals surface area contributed by atoms with Crippen LogP contribution in [0.4, 0.5) is 17.1 Å². The zero-order valence-corrected chi connectivity index (χ0v) is 34.8. The van der Waals surface area contributed by atoms with Gasteiger partial charge in [0.05, 0.1) is 27.5 Å². The van der Waals surface area contributed by atoms with Crippen LogP contribution >= 0.6 is 0 Å². The van der Waals surface area contributed by atoms with E-state index >= 15 is 0 Å². The summed E-state index contributed by atoms with van der Waals surface area (Å²) in [5, 5.41) is 7.17. The second-order valence-corrected chi connectivity index (χ2v) is 16.5. The molecule has 0 atom stereocenters. The zero-order chi connectivity index (χ0) is 42.1. The van der Waals surface area contributed by atoms with Gasteiger partial charge in [-0.15, -0.1) is 0 Å². The fourth-order valence-electron chi connectivity index (χ4n) is 9.98. The standard InChI is InChI=1S/C60H39N3O/c1-3-13-40(14-4-1)41-23-28-45(29-24-41)61(46-30-25-42(26-31-46)43-27-37-56-53(39-43)50-18-8-10-20-54(50)62(56)44-15-5-2-6-16-44)47-32-34-48(35-33-47)63-55-21-11-7-17-49(55)51-36-38-58-59(60(51)63)52-19-9-12-22-57(52)64-58/h1-39H. The highest BCUT2D eigenvalue weighted by atomic mass is 16.3. The van der Waals surface area contributed by atoms with Gasteiger partial charge < -0.3 is 18.5 Å². The molecule has 64 heavy (non-hydrogen) atoms. The van der Waals surface area contributed by atoms with Crippen LogP contribution in [-0.2, 0) is 0 Å². The normalized spacial score (nSPS) is 11.8. The molecule has 13 rings (SSSR count). The molecule has 0 aliphatic heterocycles. The summed E-state index contributed by atoms with van der Waals surface area (Å²) in [5.74, 6) is 0. The molecule has 300 valence electrons. The molecule has 0 fully saturated rings. The smallest absolute Gasteiger partial charge is 0.137 e. The van der Waals surface area contributed by atoms with Gasteiger partial charge >= 0.3 is 0 Å². The van der Waals surface area contributed by atoms with Gasteiger partial charge in [0.2, 0.25) is 0 Å². The summed E-state index contributed by atoms with van der Waals surface area (Å²) >= 11 is 0. The molecule has 10 aromatic carbocycles. The molecule has 0 unspecified atom stereocenters. The van der Waals surface area contributed by atoms with Gasteiger partial charge in [0.25, 0.3) is 0 Å². The van der Waals surface area contributed by atoms with Crippen molar-refractivity contribution in [3.63, 3.8) is 0 Å². The van der Waals surface area contributed by atoms with Crippen molar-refractivity contribution in [1.29, 1.82) is 0 Å². The number of benzene rings is 10. The van der Waals surface area contributed by atoms with Gasteiger partial charge in [0.15, 0.2) is 0 Å². The molecule has 0 spiro atoms. The van der Waals surface area contributed by atoms with Crippen LogP contribution in [0, 0.1) is 0 Å². The summed E-state index contributed by atoms with van der Waals surface area (Å²) in [6.45, 7) is 0. The lowest BCUT2D eigenvalue weighted by Crippen LogP contribution is -2.10. The number of para-hydroxylation sites is 4. The lowest BCUT2D eigenvalue weighted by Gasteiger charge is -2.26. The minimum Gasteiger partial charge on any atom is -0.456 e. The summed E-state index contributed by atoms with van der Waals surface area (Å²) in [6.07, 6.45) is 0. The monoisotopic (exact) mass is 817 g/mol. The first-order valence-corrected chi connectivity index (χ1v) is 21.8. The number of fused-ring (bicyclic) bond motifs is 10. The van der Waals surface area contributed by atoms with Crippen molar-refractivity contribution >= 4 is 82.6 Å². The number of hydrogen-bond donors (Lipinski definition) is 0. The Kier molecular flexibility index (Phi) is 8.18. The number of nitrogens with zero attached hydrogens (tertiary/aromatic N) is 3. The van der Waals surface area contributed by atoms with E-state index in [0.717, 1.165) is 61.4 Å². The van der Waals surface area contributed by atoms with Crippen molar-refractivity contribution < 1.29 is 4.42 Å². The van der Waals surface area contributed by atoms with Crippen molar-refractivity contribution in [3.8, 4) is 33.6 Å². The maximum Gasteiger partial charge on any atom is 0.137 e. The highest BCUT2D eigenvalue weighted by Gasteiger charge is 2.20. The van der Waals surface area contributed by atoms with Crippen molar-refractivity contribution in [2.75, 3.05) is 4.90 Å². The minimum atomic E-state index is 0.891. The molecule has 0 radical (unpaired) electrons. The van der Waals surface area contributed by atoms with Crippen molar-refractivity contribution in [2.45, 2.75) is 0 Å².